The summed E-state index contributed by atoms with van der Waals surface area (Å²) in [6, 6.07) is 21.0. The highest BCUT2D eigenvalue weighted by molar-refractivity contribution is 6.31. The number of carbonyl (C=O) groups is 1. The van der Waals surface area contributed by atoms with Gasteiger partial charge in [-0.1, -0.05) is 48.0 Å². The number of halogens is 1. The molecule has 0 atom stereocenters. The van der Waals surface area contributed by atoms with Crippen molar-refractivity contribution in [1.82, 2.24) is 24.4 Å². The van der Waals surface area contributed by atoms with Crippen LogP contribution in [0.4, 0.5) is 0 Å². The molecule has 0 unspecified atom stereocenters. The van der Waals surface area contributed by atoms with E-state index in [4.69, 9.17) is 20.9 Å². The van der Waals surface area contributed by atoms with E-state index < -0.39 is 11.4 Å². The van der Waals surface area contributed by atoms with Gasteiger partial charge in [0, 0.05) is 19.7 Å². The summed E-state index contributed by atoms with van der Waals surface area (Å²) in [7, 11) is 3.54. The second kappa shape index (κ2) is 11.7. The molecule has 2 aromatic heterocycles. The number of aryl methyl sites for hydroxylation is 2. The minimum atomic E-state index is -0.785. The molecule has 0 aliphatic heterocycles. The average molecular weight is 574 g/mol. The fraction of sp³-hybridized carbons (Fsp3) is 0.200. The lowest BCUT2D eigenvalue weighted by atomic mass is 9.97. The van der Waals surface area contributed by atoms with E-state index in [-0.39, 0.29) is 12.5 Å². The van der Waals surface area contributed by atoms with Gasteiger partial charge in [0.05, 0.1) is 30.0 Å². The fourth-order valence-corrected chi connectivity index (χ4v) is 4.75. The van der Waals surface area contributed by atoms with Gasteiger partial charge >= 0.3 is 11.4 Å². The van der Waals surface area contributed by atoms with Crippen LogP contribution in [0.5, 0.6) is 5.75 Å². The SMILES string of the molecule is Cc1cc(C(=O)N(C)Cc2c(Cl)cnn2C)ccc1-c1cccc(COc2ccc(Cn3oc(=O)[nH]c3=O)cc2)c1. The Morgan fingerprint density at radius 2 is 1.85 bits per heavy atom. The summed E-state index contributed by atoms with van der Waals surface area (Å²) < 4.78 is 13.4. The van der Waals surface area contributed by atoms with Gasteiger partial charge in [-0.2, -0.15) is 5.10 Å². The van der Waals surface area contributed by atoms with E-state index in [0.29, 0.717) is 29.5 Å². The topological polar surface area (TPSA) is 115 Å². The number of rotatable bonds is 9. The summed E-state index contributed by atoms with van der Waals surface area (Å²) in [4.78, 5) is 39.6. The van der Waals surface area contributed by atoms with Gasteiger partial charge in [0.25, 0.3) is 5.91 Å². The largest absolute Gasteiger partial charge is 0.489 e. The number of amides is 1. The van der Waals surface area contributed by atoms with E-state index >= 15 is 0 Å². The Balaban J connectivity index is 1.23. The lowest BCUT2D eigenvalue weighted by Crippen LogP contribution is -2.27. The summed E-state index contributed by atoms with van der Waals surface area (Å²) in [5.41, 5.74) is 5.57. The second-order valence-electron chi connectivity index (χ2n) is 9.73. The van der Waals surface area contributed by atoms with Crippen LogP contribution in [0.3, 0.4) is 0 Å². The molecule has 1 N–H and O–H groups in total. The summed E-state index contributed by atoms with van der Waals surface area (Å²) in [5, 5.41) is 4.66. The molecule has 10 nitrogen and oxygen atoms in total. The van der Waals surface area contributed by atoms with Crippen molar-refractivity contribution in [3.63, 3.8) is 0 Å². The number of carbonyl (C=O) groups excluding carboxylic acids is 1. The smallest absolute Gasteiger partial charge is 0.440 e. The van der Waals surface area contributed by atoms with Crippen LogP contribution in [-0.2, 0) is 26.7 Å². The lowest BCUT2D eigenvalue weighted by Gasteiger charge is -2.18. The zero-order valence-electron chi connectivity index (χ0n) is 22.8. The Morgan fingerprint density at radius 1 is 1.07 bits per heavy atom. The Morgan fingerprint density at radius 3 is 2.51 bits per heavy atom. The number of hydrogen-bond donors (Lipinski definition) is 1. The maximum absolute atomic E-state index is 13.1. The zero-order valence-corrected chi connectivity index (χ0v) is 23.5. The Kier molecular flexibility index (Phi) is 7.93. The molecule has 0 aliphatic rings. The van der Waals surface area contributed by atoms with Crippen LogP contribution in [0.1, 0.15) is 32.7 Å². The number of hydrogen-bond acceptors (Lipinski definition) is 6. The Labute approximate surface area is 240 Å². The Hall–Kier alpha value is -4.83. The van der Waals surface area contributed by atoms with E-state index in [1.807, 2.05) is 43.3 Å². The molecule has 5 aromatic rings. The zero-order chi connectivity index (χ0) is 29.1. The molecule has 0 saturated carbocycles. The highest BCUT2D eigenvalue weighted by Gasteiger charge is 2.17. The Bertz CT molecular complexity index is 1800. The number of aromatic amines is 1. The summed E-state index contributed by atoms with van der Waals surface area (Å²) >= 11 is 6.21. The van der Waals surface area contributed by atoms with Crippen LogP contribution in [-0.4, -0.2) is 37.4 Å². The molecule has 41 heavy (non-hydrogen) atoms. The standard InChI is InChI=1S/C30H28ClN5O5/c1-19-13-23(28(37)34(2)17-27-26(31)15-32-35(27)3)9-12-25(19)22-6-4-5-21(14-22)18-40-24-10-7-20(8-11-24)16-36-29(38)33-30(39)41-36/h4-15H,16-18H2,1-3H3,(H,33,38,39). The average Bonchev–Trinajstić information content (AvgIpc) is 3.45. The monoisotopic (exact) mass is 573 g/mol. The maximum Gasteiger partial charge on any atom is 0.440 e. The van der Waals surface area contributed by atoms with Crippen molar-refractivity contribution in [2.24, 2.45) is 7.05 Å². The second-order valence-corrected chi connectivity index (χ2v) is 10.1. The summed E-state index contributed by atoms with van der Waals surface area (Å²) in [5.74, 6) is -0.223. The first-order chi connectivity index (χ1) is 19.7. The molecular weight excluding hydrogens is 546 g/mol. The molecule has 1 amide bonds. The van der Waals surface area contributed by atoms with Crippen molar-refractivity contribution < 1.29 is 14.1 Å². The molecule has 3 aromatic carbocycles. The molecule has 0 fully saturated rings. The van der Waals surface area contributed by atoms with E-state index in [2.05, 4.69) is 16.1 Å². The lowest BCUT2D eigenvalue weighted by molar-refractivity contribution is 0.0782. The fourth-order valence-electron chi connectivity index (χ4n) is 4.52. The third-order valence-electron chi connectivity index (χ3n) is 6.74. The van der Waals surface area contributed by atoms with Crippen LogP contribution in [0.15, 0.2) is 87.0 Å². The van der Waals surface area contributed by atoms with Crippen LogP contribution < -0.4 is 16.2 Å². The first-order valence-electron chi connectivity index (χ1n) is 12.8. The quantitative estimate of drug-likeness (QED) is 0.280. The van der Waals surface area contributed by atoms with Crippen molar-refractivity contribution in [3.05, 3.63) is 127 Å². The highest BCUT2D eigenvalue weighted by atomic mass is 35.5. The molecule has 0 spiro atoms. The van der Waals surface area contributed by atoms with Gasteiger partial charge in [0.15, 0.2) is 0 Å². The van der Waals surface area contributed by atoms with Gasteiger partial charge in [-0.05, 0) is 65.1 Å². The number of nitrogens with one attached hydrogen (secondary N) is 1. The van der Waals surface area contributed by atoms with Crippen molar-refractivity contribution in [2.75, 3.05) is 7.05 Å². The number of nitrogens with zero attached hydrogens (tertiary/aromatic N) is 4. The van der Waals surface area contributed by atoms with Gasteiger partial charge in [-0.3, -0.25) is 9.48 Å². The van der Waals surface area contributed by atoms with Gasteiger partial charge in [0.1, 0.15) is 12.4 Å². The van der Waals surface area contributed by atoms with Crippen molar-refractivity contribution in [1.29, 1.82) is 0 Å². The third kappa shape index (κ3) is 6.33. The minimum Gasteiger partial charge on any atom is -0.489 e. The molecule has 0 aliphatic carbocycles. The number of ether oxygens (including phenoxy) is 1. The van der Waals surface area contributed by atoms with Gasteiger partial charge in [0.2, 0.25) is 0 Å². The van der Waals surface area contributed by atoms with E-state index in [0.717, 1.165) is 38.3 Å². The van der Waals surface area contributed by atoms with Gasteiger partial charge in [-0.15, -0.1) is 4.74 Å². The maximum atomic E-state index is 13.1. The first-order valence-corrected chi connectivity index (χ1v) is 13.2. The van der Waals surface area contributed by atoms with Crippen LogP contribution in [0, 0.1) is 6.92 Å². The summed E-state index contributed by atoms with van der Waals surface area (Å²) in [6.45, 7) is 2.83. The number of benzene rings is 3. The molecular formula is C30H28ClN5O5. The molecule has 5 rings (SSSR count). The van der Waals surface area contributed by atoms with Crippen LogP contribution in [0.25, 0.3) is 11.1 Å². The number of H-pyrrole nitrogens is 1. The van der Waals surface area contributed by atoms with Crippen molar-refractivity contribution in [3.8, 4) is 16.9 Å². The number of aromatic nitrogens is 4. The third-order valence-corrected chi connectivity index (χ3v) is 7.05. The molecule has 0 radical (unpaired) electrons. The predicted molar refractivity (Wildman–Crippen MR) is 154 cm³/mol. The van der Waals surface area contributed by atoms with Crippen LogP contribution >= 0.6 is 11.6 Å². The van der Waals surface area contributed by atoms with Gasteiger partial charge in [-0.25, -0.2) is 14.6 Å². The van der Waals surface area contributed by atoms with E-state index in [9.17, 15) is 14.4 Å². The molecule has 11 heteroatoms. The molecule has 0 bridgehead atoms. The van der Waals surface area contributed by atoms with Gasteiger partial charge < -0.3 is 14.2 Å². The predicted octanol–water partition coefficient (Wildman–Crippen LogP) is 4.39. The van der Waals surface area contributed by atoms with E-state index in [1.165, 1.54) is 0 Å². The highest BCUT2D eigenvalue weighted by Crippen LogP contribution is 2.27. The normalized spacial score (nSPS) is 11.0. The van der Waals surface area contributed by atoms with Crippen molar-refractivity contribution in [2.45, 2.75) is 26.6 Å². The minimum absolute atomic E-state index is 0.102. The molecule has 0 saturated heterocycles. The van der Waals surface area contributed by atoms with Crippen molar-refractivity contribution >= 4 is 17.5 Å². The first kappa shape index (κ1) is 27.7. The molecule has 2 heterocycles. The summed E-state index contributed by atoms with van der Waals surface area (Å²) in [6.07, 6.45) is 1.57. The molecule has 210 valence electrons. The van der Waals surface area contributed by atoms with Crippen LogP contribution in [0.2, 0.25) is 5.02 Å². The van der Waals surface area contributed by atoms with E-state index in [1.54, 1.807) is 54.1 Å².